The maximum atomic E-state index is 15.9. The van der Waals surface area contributed by atoms with Gasteiger partial charge in [-0.25, -0.2) is 9.37 Å². The number of aromatic amines is 1. The van der Waals surface area contributed by atoms with E-state index < -0.39 is 28.5 Å². The van der Waals surface area contributed by atoms with Crippen molar-refractivity contribution in [3.63, 3.8) is 0 Å². The third kappa shape index (κ3) is 2.93. The van der Waals surface area contributed by atoms with E-state index in [2.05, 4.69) is 11.1 Å². The number of benzene rings is 3. The normalized spacial score (nSPS) is 22.5. The van der Waals surface area contributed by atoms with E-state index in [1.165, 1.54) is 12.3 Å². The van der Waals surface area contributed by atoms with Crippen molar-refractivity contribution in [2.75, 3.05) is 0 Å². The van der Waals surface area contributed by atoms with Crippen molar-refractivity contribution in [2.45, 2.75) is 24.0 Å². The highest BCUT2D eigenvalue weighted by atomic mass is 19.1. The number of nitrogens with zero attached hydrogens (tertiary/aromatic N) is 2. The molecular weight excluding hydrogens is 497 g/mol. The molecular formula is C31H20FN3O4. The second kappa shape index (κ2) is 8.00. The van der Waals surface area contributed by atoms with Crippen molar-refractivity contribution in [1.82, 2.24) is 9.97 Å². The molecule has 2 aromatic heterocycles. The summed E-state index contributed by atoms with van der Waals surface area (Å²) in [6, 6.07) is 23.9. The predicted molar refractivity (Wildman–Crippen MR) is 138 cm³/mol. The fourth-order valence-electron chi connectivity index (χ4n) is 6.12. The molecule has 2 aliphatic rings. The molecule has 3 heterocycles. The molecule has 39 heavy (non-hydrogen) atoms. The summed E-state index contributed by atoms with van der Waals surface area (Å²) in [6.45, 7) is 1.73. The van der Waals surface area contributed by atoms with Gasteiger partial charge in [-0.05, 0) is 48.9 Å². The molecule has 1 aliphatic heterocycles. The van der Waals surface area contributed by atoms with Gasteiger partial charge in [0.05, 0.1) is 40.6 Å². The third-order valence-corrected chi connectivity index (χ3v) is 7.68. The number of ether oxygens (including phenoxy) is 1. The number of hydrogen-bond donors (Lipinski definition) is 2. The van der Waals surface area contributed by atoms with Crippen LogP contribution in [-0.4, -0.2) is 15.1 Å². The molecule has 3 aromatic carbocycles. The van der Waals surface area contributed by atoms with E-state index in [0.717, 1.165) is 0 Å². The number of furan rings is 1. The van der Waals surface area contributed by atoms with Gasteiger partial charge in [-0.2, -0.15) is 5.26 Å². The van der Waals surface area contributed by atoms with Gasteiger partial charge < -0.3 is 19.2 Å². The molecule has 5 aromatic rings. The van der Waals surface area contributed by atoms with E-state index in [0.29, 0.717) is 28.0 Å². The van der Waals surface area contributed by atoms with Crippen molar-refractivity contribution in [2.24, 2.45) is 0 Å². The lowest BCUT2D eigenvalue weighted by Gasteiger charge is -2.39. The number of aliphatic hydroxyl groups is 1. The Hall–Kier alpha value is -5.00. The van der Waals surface area contributed by atoms with E-state index in [1.54, 1.807) is 73.7 Å². The van der Waals surface area contributed by atoms with Crippen LogP contribution >= 0.6 is 0 Å². The molecule has 0 saturated heterocycles. The number of rotatable bonds is 3. The minimum absolute atomic E-state index is 0.0163. The quantitative estimate of drug-likeness (QED) is 0.348. The lowest BCUT2D eigenvalue weighted by Crippen LogP contribution is -2.49. The molecule has 7 nitrogen and oxygen atoms in total. The number of fused-ring (bicyclic) bond motifs is 5. The van der Waals surface area contributed by atoms with Crippen LogP contribution in [0, 0.1) is 24.1 Å². The van der Waals surface area contributed by atoms with Gasteiger partial charge in [-0.15, -0.1) is 0 Å². The van der Waals surface area contributed by atoms with Crippen molar-refractivity contribution in [1.29, 1.82) is 5.26 Å². The van der Waals surface area contributed by atoms with E-state index in [4.69, 9.17) is 14.1 Å². The molecule has 0 saturated carbocycles. The Balaban J connectivity index is 1.64. The minimum atomic E-state index is -2.22. The first-order valence-corrected chi connectivity index (χ1v) is 12.3. The first kappa shape index (κ1) is 23.1. The molecule has 0 unspecified atom stereocenters. The summed E-state index contributed by atoms with van der Waals surface area (Å²) in [7, 11) is 0. The zero-order chi connectivity index (χ0) is 26.9. The summed E-state index contributed by atoms with van der Waals surface area (Å²) in [5.41, 5.74) is -2.47. The highest BCUT2D eigenvalue weighted by molar-refractivity contribution is 5.66. The van der Waals surface area contributed by atoms with Gasteiger partial charge in [-0.3, -0.25) is 4.79 Å². The molecule has 3 atom stereocenters. The largest absolute Gasteiger partial charge is 0.477 e. The van der Waals surface area contributed by atoms with Crippen LogP contribution in [0.2, 0.25) is 0 Å². The van der Waals surface area contributed by atoms with Crippen LogP contribution in [0.3, 0.4) is 0 Å². The highest BCUT2D eigenvalue weighted by Gasteiger charge is 2.74. The smallest absolute Gasteiger partial charge is 0.255 e. The summed E-state index contributed by atoms with van der Waals surface area (Å²) in [5.74, 6) is -0.986. The van der Waals surface area contributed by atoms with Crippen LogP contribution < -0.4 is 10.3 Å². The van der Waals surface area contributed by atoms with Crippen molar-refractivity contribution in [3.8, 4) is 23.2 Å². The molecule has 0 fully saturated rings. The zero-order valence-corrected chi connectivity index (χ0v) is 20.6. The lowest BCUT2D eigenvalue weighted by atomic mass is 9.71. The Morgan fingerprint density at radius 3 is 2.54 bits per heavy atom. The van der Waals surface area contributed by atoms with Crippen LogP contribution in [0.4, 0.5) is 4.39 Å². The van der Waals surface area contributed by atoms with Gasteiger partial charge in [0, 0.05) is 11.1 Å². The second-order valence-electron chi connectivity index (χ2n) is 9.85. The Labute approximate surface area is 221 Å². The second-order valence-corrected chi connectivity index (χ2v) is 9.85. The number of aryl methyl sites for hydroxylation is 1. The molecule has 0 bridgehead atoms. The Kier molecular flexibility index (Phi) is 4.75. The van der Waals surface area contributed by atoms with Gasteiger partial charge in [0.25, 0.3) is 5.56 Å². The van der Waals surface area contributed by atoms with Gasteiger partial charge >= 0.3 is 0 Å². The average Bonchev–Trinajstić information content (AvgIpc) is 3.60. The minimum Gasteiger partial charge on any atom is -0.477 e. The monoisotopic (exact) mass is 517 g/mol. The number of nitrogens with one attached hydrogen (secondary N) is 1. The summed E-state index contributed by atoms with van der Waals surface area (Å²) in [5, 5.41) is 22.3. The Bertz CT molecular complexity index is 1860. The number of halogens is 1. The predicted octanol–water partition coefficient (Wildman–Crippen LogP) is 5.02. The van der Waals surface area contributed by atoms with Crippen molar-refractivity contribution >= 4 is 0 Å². The highest BCUT2D eigenvalue weighted by Crippen LogP contribution is 2.68. The number of aromatic nitrogens is 2. The first-order valence-electron chi connectivity index (χ1n) is 12.3. The summed E-state index contributed by atoms with van der Waals surface area (Å²) < 4.78 is 28.4. The standard InChI is InChI=1S/C31H20FN3O4/c1-17-14-21(32)25-23(15-17)39-31(20-11-9-18(16-33)10-12-20)26(22-8-5-13-38-22)24-27(30(25,31)37)34-28(35-29(24)36)19-6-3-2-4-7-19/h2-15,26,37H,1H3,(H,34,35,36)/t26-,30+,31+/m1/s1. The molecule has 0 amide bonds. The van der Waals surface area contributed by atoms with Gasteiger partial charge in [0.1, 0.15) is 23.2 Å². The lowest BCUT2D eigenvalue weighted by molar-refractivity contribution is -0.0939. The summed E-state index contributed by atoms with van der Waals surface area (Å²) >= 11 is 0. The molecule has 0 radical (unpaired) electrons. The fraction of sp³-hybridized carbons (Fsp3) is 0.129. The van der Waals surface area contributed by atoms with Crippen molar-refractivity contribution < 1.29 is 18.7 Å². The van der Waals surface area contributed by atoms with Crippen LogP contribution in [0.15, 0.2) is 94.3 Å². The van der Waals surface area contributed by atoms with Crippen LogP contribution in [-0.2, 0) is 11.2 Å². The molecule has 190 valence electrons. The average molecular weight is 518 g/mol. The number of nitriles is 1. The summed E-state index contributed by atoms with van der Waals surface area (Å²) in [6.07, 6.45) is 1.46. The summed E-state index contributed by atoms with van der Waals surface area (Å²) in [4.78, 5) is 21.5. The van der Waals surface area contributed by atoms with Crippen LogP contribution in [0.1, 0.15) is 45.2 Å². The Morgan fingerprint density at radius 2 is 1.85 bits per heavy atom. The van der Waals surface area contributed by atoms with Gasteiger partial charge in [0.15, 0.2) is 11.2 Å². The van der Waals surface area contributed by atoms with E-state index in [9.17, 15) is 15.2 Å². The molecule has 8 heteroatoms. The van der Waals surface area contributed by atoms with Gasteiger partial charge in [0.2, 0.25) is 0 Å². The maximum Gasteiger partial charge on any atom is 0.255 e. The zero-order valence-electron chi connectivity index (χ0n) is 20.6. The van der Waals surface area contributed by atoms with Gasteiger partial charge in [-0.1, -0.05) is 42.5 Å². The van der Waals surface area contributed by atoms with Crippen molar-refractivity contribution in [3.05, 3.63) is 141 Å². The third-order valence-electron chi connectivity index (χ3n) is 7.68. The topological polar surface area (TPSA) is 112 Å². The molecule has 1 aliphatic carbocycles. The molecule has 0 spiro atoms. The number of H-pyrrole nitrogens is 1. The van der Waals surface area contributed by atoms with Crippen LogP contribution in [0.25, 0.3) is 11.4 Å². The molecule has 2 N–H and O–H groups in total. The number of hydrogen-bond acceptors (Lipinski definition) is 6. The van der Waals surface area contributed by atoms with E-state index in [1.807, 2.05) is 6.07 Å². The van der Waals surface area contributed by atoms with E-state index >= 15 is 4.39 Å². The SMILES string of the molecule is Cc1cc(F)c2c(c1)O[C@@]1(c3ccc(C#N)cc3)[C@H](c3ccco3)c3c(nc(-c4ccccc4)[nH]c3=O)[C@@]21O. The van der Waals surface area contributed by atoms with E-state index in [-0.39, 0.29) is 28.4 Å². The maximum absolute atomic E-state index is 15.9. The Morgan fingerprint density at radius 1 is 1.08 bits per heavy atom. The first-order chi connectivity index (χ1) is 18.9. The van der Waals surface area contributed by atoms with Crippen LogP contribution in [0.5, 0.6) is 5.75 Å². The molecule has 7 rings (SSSR count). The fourth-order valence-corrected chi connectivity index (χ4v) is 6.12.